The van der Waals surface area contributed by atoms with Crippen molar-refractivity contribution in [2.45, 2.75) is 31.6 Å². The summed E-state index contributed by atoms with van der Waals surface area (Å²) in [5, 5.41) is 0.775. The molecule has 0 aliphatic heterocycles. The molecule has 1 heterocycles. The van der Waals surface area contributed by atoms with E-state index in [2.05, 4.69) is 30.9 Å². The first kappa shape index (κ1) is 22.7. The topological polar surface area (TPSA) is 36.4 Å². The van der Waals surface area contributed by atoms with Crippen LogP contribution in [-0.2, 0) is 4.79 Å². The van der Waals surface area contributed by atoms with Crippen molar-refractivity contribution in [3.63, 3.8) is 0 Å². The third-order valence-electron chi connectivity index (χ3n) is 4.74. The minimum Gasteiger partial charge on any atom is -0.308 e. The van der Waals surface area contributed by atoms with Gasteiger partial charge in [0.05, 0.1) is 10.2 Å². The first-order valence-corrected chi connectivity index (χ1v) is 11.8. The third kappa shape index (κ3) is 6.03. The highest BCUT2D eigenvalue weighted by Gasteiger charge is 2.20. The molecule has 0 saturated heterocycles. The van der Waals surface area contributed by atoms with E-state index >= 15 is 0 Å². The molecule has 0 fully saturated rings. The summed E-state index contributed by atoms with van der Waals surface area (Å²) in [5.41, 5.74) is 3.33. The Kier molecular flexibility index (Phi) is 7.86. The Balaban J connectivity index is 1.67. The normalized spacial score (nSPS) is 11.4. The zero-order chi connectivity index (χ0) is 21.7. The number of hydrogen-bond donors (Lipinski definition) is 0. The lowest BCUT2D eigenvalue weighted by Gasteiger charge is -2.22. The maximum atomic E-state index is 13.1. The predicted octanol–water partition coefficient (Wildman–Crippen LogP) is 5.52. The summed E-state index contributed by atoms with van der Waals surface area (Å²) in [6.07, 6.45) is 1.23. The fraction of sp³-hybridized carbons (Fsp3) is 0.391. The van der Waals surface area contributed by atoms with Gasteiger partial charge in [0.1, 0.15) is 5.82 Å². The standard InChI is InChI=1S/C23H28FN3OS2/c1-16-14-17(2)22-20(15-16)30-23(25-22)27(12-11-26(3)4)21(28)6-5-13-29-19-9-7-18(24)8-10-19/h7-10,14-15H,5-6,11-13H2,1-4H3. The van der Waals surface area contributed by atoms with Gasteiger partial charge in [-0.15, -0.1) is 11.8 Å². The van der Waals surface area contributed by atoms with Crippen LogP contribution in [0.4, 0.5) is 9.52 Å². The molecule has 0 spiro atoms. The Bertz CT molecular complexity index is 1000. The number of rotatable bonds is 9. The van der Waals surface area contributed by atoms with Gasteiger partial charge < -0.3 is 4.90 Å². The van der Waals surface area contributed by atoms with Crippen LogP contribution in [0.2, 0.25) is 0 Å². The minimum absolute atomic E-state index is 0.102. The largest absolute Gasteiger partial charge is 0.308 e. The van der Waals surface area contributed by atoms with Crippen LogP contribution in [0.3, 0.4) is 0 Å². The molecule has 160 valence electrons. The van der Waals surface area contributed by atoms with Crippen LogP contribution in [0.25, 0.3) is 10.2 Å². The van der Waals surface area contributed by atoms with Crippen molar-refractivity contribution in [2.24, 2.45) is 0 Å². The number of likely N-dealkylation sites (N-methyl/N-ethyl adjacent to an activating group) is 1. The van der Waals surface area contributed by atoms with E-state index in [9.17, 15) is 9.18 Å². The molecule has 0 atom stereocenters. The Morgan fingerprint density at radius 1 is 1.13 bits per heavy atom. The number of thiazole rings is 1. The lowest BCUT2D eigenvalue weighted by atomic mass is 10.1. The van der Waals surface area contributed by atoms with Gasteiger partial charge in [-0.3, -0.25) is 9.69 Å². The van der Waals surface area contributed by atoms with Gasteiger partial charge in [0.2, 0.25) is 5.91 Å². The van der Waals surface area contributed by atoms with Crippen LogP contribution in [0.1, 0.15) is 24.0 Å². The summed E-state index contributed by atoms with van der Waals surface area (Å²) in [6.45, 7) is 5.55. The Labute approximate surface area is 186 Å². The van der Waals surface area contributed by atoms with Crippen molar-refractivity contribution in [2.75, 3.05) is 37.8 Å². The SMILES string of the molecule is Cc1cc(C)c2nc(N(CCN(C)C)C(=O)CCCSc3ccc(F)cc3)sc2c1. The number of halogens is 1. The van der Waals surface area contributed by atoms with Crippen molar-refractivity contribution < 1.29 is 9.18 Å². The van der Waals surface area contributed by atoms with E-state index in [0.29, 0.717) is 13.0 Å². The summed E-state index contributed by atoms with van der Waals surface area (Å²) in [5.74, 6) is 0.689. The van der Waals surface area contributed by atoms with E-state index in [1.165, 1.54) is 17.7 Å². The average Bonchev–Trinajstić information content (AvgIpc) is 3.10. The molecule has 0 bridgehead atoms. The van der Waals surface area contributed by atoms with E-state index in [-0.39, 0.29) is 11.7 Å². The molecular weight excluding hydrogens is 417 g/mol. The van der Waals surface area contributed by atoms with Crippen LogP contribution < -0.4 is 4.90 Å². The summed E-state index contributed by atoms with van der Waals surface area (Å²) in [4.78, 5) is 22.8. The number of benzene rings is 2. The van der Waals surface area contributed by atoms with Crippen LogP contribution in [-0.4, -0.2) is 48.7 Å². The summed E-state index contributed by atoms with van der Waals surface area (Å²) in [7, 11) is 4.02. The number of nitrogens with zero attached hydrogens (tertiary/aromatic N) is 3. The summed E-state index contributed by atoms with van der Waals surface area (Å²) < 4.78 is 14.1. The number of amides is 1. The second-order valence-corrected chi connectivity index (χ2v) is 9.86. The van der Waals surface area contributed by atoms with Gasteiger partial charge >= 0.3 is 0 Å². The summed E-state index contributed by atoms with van der Waals surface area (Å²) in [6, 6.07) is 10.7. The fourth-order valence-electron chi connectivity index (χ4n) is 3.18. The average molecular weight is 446 g/mol. The number of carbonyl (C=O) groups is 1. The number of aromatic nitrogens is 1. The fourth-order valence-corrected chi connectivity index (χ4v) is 5.22. The monoisotopic (exact) mass is 445 g/mol. The third-order valence-corrected chi connectivity index (χ3v) is 6.86. The van der Waals surface area contributed by atoms with Crippen molar-refractivity contribution >= 4 is 44.4 Å². The van der Waals surface area contributed by atoms with Gasteiger partial charge in [0.15, 0.2) is 5.13 Å². The Morgan fingerprint density at radius 3 is 2.57 bits per heavy atom. The Morgan fingerprint density at radius 2 is 1.87 bits per heavy atom. The minimum atomic E-state index is -0.229. The zero-order valence-electron chi connectivity index (χ0n) is 17.9. The predicted molar refractivity (Wildman–Crippen MR) is 126 cm³/mol. The van der Waals surface area contributed by atoms with Gasteiger partial charge in [-0.1, -0.05) is 17.4 Å². The van der Waals surface area contributed by atoms with Crippen LogP contribution in [0, 0.1) is 19.7 Å². The van der Waals surface area contributed by atoms with E-state index in [0.717, 1.165) is 44.5 Å². The molecule has 0 aliphatic rings. The Hall–Kier alpha value is -1.96. The van der Waals surface area contributed by atoms with E-state index in [4.69, 9.17) is 4.98 Å². The van der Waals surface area contributed by atoms with Gasteiger partial charge in [-0.2, -0.15) is 0 Å². The molecule has 3 rings (SSSR count). The number of hydrogen-bond acceptors (Lipinski definition) is 5. The molecule has 4 nitrogen and oxygen atoms in total. The van der Waals surface area contributed by atoms with Gasteiger partial charge in [-0.25, -0.2) is 9.37 Å². The van der Waals surface area contributed by atoms with Crippen LogP contribution in [0.15, 0.2) is 41.3 Å². The molecule has 0 unspecified atom stereocenters. The van der Waals surface area contributed by atoms with Crippen LogP contribution in [0.5, 0.6) is 0 Å². The van der Waals surface area contributed by atoms with Crippen molar-refractivity contribution in [1.82, 2.24) is 9.88 Å². The van der Waals surface area contributed by atoms with Gasteiger partial charge in [-0.05, 0) is 81.6 Å². The number of aryl methyl sites for hydroxylation is 2. The van der Waals surface area contributed by atoms with Crippen molar-refractivity contribution in [3.05, 3.63) is 53.3 Å². The van der Waals surface area contributed by atoms with Crippen molar-refractivity contribution in [3.8, 4) is 0 Å². The molecule has 0 aliphatic carbocycles. The van der Waals surface area contributed by atoms with E-state index in [1.807, 2.05) is 19.0 Å². The highest BCUT2D eigenvalue weighted by atomic mass is 32.2. The highest BCUT2D eigenvalue weighted by Crippen LogP contribution is 2.32. The molecule has 3 aromatic rings. The quantitative estimate of drug-likeness (QED) is 0.321. The molecular formula is C23H28FN3OS2. The molecule has 0 saturated carbocycles. The maximum Gasteiger partial charge on any atom is 0.228 e. The molecule has 0 N–H and O–H groups in total. The molecule has 30 heavy (non-hydrogen) atoms. The molecule has 1 amide bonds. The van der Waals surface area contributed by atoms with Crippen LogP contribution >= 0.6 is 23.1 Å². The molecule has 7 heteroatoms. The number of fused-ring (bicyclic) bond motifs is 1. The lowest BCUT2D eigenvalue weighted by molar-refractivity contribution is -0.118. The zero-order valence-corrected chi connectivity index (χ0v) is 19.6. The van der Waals surface area contributed by atoms with E-state index in [1.54, 1.807) is 35.2 Å². The van der Waals surface area contributed by atoms with Crippen molar-refractivity contribution in [1.29, 1.82) is 0 Å². The second kappa shape index (κ2) is 10.4. The first-order valence-electron chi connectivity index (χ1n) is 10.0. The molecule has 1 aromatic heterocycles. The maximum absolute atomic E-state index is 13.1. The van der Waals surface area contributed by atoms with Gasteiger partial charge in [0, 0.05) is 24.4 Å². The van der Waals surface area contributed by atoms with E-state index < -0.39 is 0 Å². The summed E-state index contributed by atoms with van der Waals surface area (Å²) >= 11 is 3.23. The first-order chi connectivity index (χ1) is 14.3. The smallest absolute Gasteiger partial charge is 0.228 e. The molecule has 0 radical (unpaired) electrons. The molecule has 2 aromatic carbocycles. The van der Waals surface area contributed by atoms with Gasteiger partial charge in [0.25, 0.3) is 0 Å². The number of anilines is 1. The number of thioether (sulfide) groups is 1. The lowest BCUT2D eigenvalue weighted by Crippen LogP contribution is -2.36. The second-order valence-electron chi connectivity index (χ2n) is 7.68. The highest BCUT2D eigenvalue weighted by molar-refractivity contribution is 7.99. The number of carbonyl (C=O) groups excluding carboxylic acids is 1.